The highest BCUT2D eigenvalue weighted by Crippen LogP contribution is 2.32. The third-order valence-electron chi connectivity index (χ3n) is 5.65. The van der Waals surface area contributed by atoms with Gasteiger partial charge in [-0.1, -0.05) is 12.1 Å². The molecule has 24 heavy (non-hydrogen) atoms. The Balaban J connectivity index is 1.69. The van der Waals surface area contributed by atoms with Crippen molar-refractivity contribution in [1.29, 1.82) is 0 Å². The van der Waals surface area contributed by atoms with Gasteiger partial charge in [0.15, 0.2) is 0 Å². The zero-order valence-electron chi connectivity index (χ0n) is 14.0. The van der Waals surface area contributed by atoms with E-state index in [2.05, 4.69) is 11.1 Å². The highest BCUT2D eigenvalue weighted by Gasteiger charge is 2.38. The minimum Gasteiger partial charge on any atom is -0.388 e. The fourth-order valence-electron chi connectivity index (χ4n) is 3.99. The van der Waals surface area contributed by atoms with Gasteiger partial charge in [0.2, 0.25) is 0 Å². The second kappa shape index (κ2) is 5.60. The number of para-hydroxylation sites is 1. The molecule has 1 aliphatic carbocycles. The number of aryl methyl sites for hydroxylation is 2. The summed E-state index contributed by atoms with van der Waals surface area (Å²) in [5.41, 5.74) is 3.08. The lowest BCUT2D eigenvalue weighted by Crippen LogP contribution is -2.55. The van der Waals surface area contributed by atoms with E-state index < -0.39 is 11.7 Å². The van der Waals surface area contributed by atoms with E-state index in [-0.39, 0.29) is 12.5 Å². The summed E-state index contributed by atoms with van der Waals surface area (Å²) in [5.74, 6) is -0.0752. The van der Waals surface area contributed by atoms with Gasteiger partial charge in [-0.3, -0.25) is 4.79 Å². The van der Waals surface area contributed by atoms with E-state index in [9.17, 15) is 15.0 Å². The van der Waals surface area contributed by atoms with Crippen molar-refractivity contribution in [3.05, 3.63) is 35.0 Å². The number of nitrogens with one attached hydrogen (secondary N) is 1. The smallest absolute Gasteiger partial charge is 0.256 e. The van der Waals surface area contributed by atoms with Crippen molar-refractivity contribution in [2.24, 2.45) is 0 Å². The molecule has 1 aromatic heterocycles. The molecule has 0 spiro atoms. The summed E-state index contributed by atoms with van der Waals surface area (Å²) in [5, 5.41) is 21.4. The molecule has 2 aromatic rings. The third-order valence-corrected chi connectivity index (χ3v) is 5.65. The average Bonchev–Trinajstić information content (AvgIpc) is 2.95. The summed E-state index contributed by atoms with van der Waals surface area (Å²) in [6, 6.07) is 5.88. The number of aliphatic hydroxyl groups excluding tert-OH is 1. The van der Waals surface area contributed by atoms with Crippen LogP contribution in [0.25, 0.3) is 10.9 Å². The lowest BCUT2D eigenvalue weighted by Gasteiger charge is -2.39. The van der Waals surface area contributed by atoms with Crippen molar-refractivity contribution in [2.45, 2.75) is 50.7 Å². The Morgan fingerprint density at radius 3 is 2.92 bits per heavy atom. The molecular formula is C19H24N2O3. The predicted molar refractivity (Wildman–Crippen MR) is 92.1 cm³/mol. The van der Waals surface area contributed by atoms with Crippen molar-refractivity contribution >= 4 is 16.8 Å². The van der Waals surface area contributed by atoms with Crippen LogP contribution in [0, 0.1) is 0 Å². The van der Waals surface area contributed by atoms with Crippen LogP contribution in [-0.4, -0.2) is 50.8 Å². The molecule has 5 heteroatoms. The van der Waals surface area contributed by atoms with Crippen molar-refractivity contribution in [2.75, 3.05) is 13.1 Å². The number of carbonyl (C=O) groups excluding carboxylic acids is 1. The van der Waals surface area contributed by atoms with Crippen LogP contribution in [0.2, 0.25) is 0 Å². The fraction of sp³-hybridized carbons (Fsp3) is 0.526. The number of H-pyrrole nitrogens is 1. The number of fused-ring (bicyclic) bond motifs is 3. The van der Waals surface area contributed by atoms with Crippen LogP contribution in [0.1, 0.15) is 47.8 Å². The molecule has 1 amide bonds. The van der Waals surface area contributed by atoms with Crippen LogP contribution in [0.3, 0.4) is 0 Å². The Hall–Kier alpha value is -1.85. The topological polar surface area (TPSA) is 76.6 Å². The van der Waals surface area contributed by atoms with Crippen LogP contribution in [0.4, 0.5) is 0 Å². The molecule has 0 bridgehead atoms. The van der Waals surface area contributed by atoms with Gasteiger partial charge in [-0.25, -0.2) is 0 Å². The lowest BCUT2D eigenvalue weighted by molar-refractivity contribution is -0.0999. The van der Waals surface area contributed by atoms with Crippen molar-refractivity contribution in [1.82, 2.24) is 9.88 Å². The average molecular weight is 328 g/mol. The highest BCUT2D eigenvalue weighted by molar-refractivity contribution is 6.06. The molecule has 0 unspecified atom stereocenters. The first-order valence-electron chi connectivity index (χ1n) is 8.79. The minimum atomic E-state index is -1.12. The first-order chi connectivity index (χ1) is 11.5. The van der Waals surface area contributed by atoms with Gasteiger partial charge in [0.1, 0.15) is 0 Å². The van der Waals surface area contributed by atoms with Crippen molar-refractivity contribution in [3.63, 3.8) is 0 Å². The van der Waals surface area contributed by atoms with E-state index in [4.69, 9.17) is 0 Å². The minimum absolute atomic E-state index is 0.0752. The number of nitrogens with zero attached hydrogens (tertiary/aromatic N) is 1. The van der Waals surface area contributed by atoms with Gasteiger partial charge < -0.3 is 20.1 Å². The predicted octanol–water partition coefficient (Wildman–Crippen LogP) is 2.00. The van der Waals surface area contributed by atoms with Gasteiger partial charge in [0.25, 0.3) is 5.91 Å². The van der Waals surface area contributed by atoms with Crippen molar-refractivity contribution < 1.29 is 15.0 Å². The standard InChI is InChI=1S/C19H24N2O3/c1-19(24)9-10-21(11-16(19)22)18(23)14-7-4-6-13-12-5-2-3-8-15(12)20-17(13)14/h4,6-7,16,20,22,24H,2-3,5,8-11H2,1H3/t16-,19+/m0/s1. The molecule has 2 heterocycles. The summed E-state index contributed by atoms with van der Waals surface area (Å²) >= 11 is 0. The fourth-order valence-corrected chi connectivity index (χ4v) is 3.99. The molecule has 2 aliphatic rings. The number of aromatic nitrogens is 1. The van der Waals surface area contributed by atoms with Crippen LogP contribution in [-0.2, 0) is 12.8 Å². The number of aromatic amines is 1. The number of hydrogen-bond donors (Lipinski definition) is 3. The zero-order valence-corrected chi connectivity index (χ0v) is 14.0. The van der Waals surface area contributed by atoms with Gasteiger partial charge in [-0.05, 0) is 50.7 Å². The highest BCUT2D eigenvalue weighted by atomic mass is 16.3. The van der Waals surface area contributed by atoms with Crippen LogP contribution >= 0.6 is 0 Å². The lowest BCUT2D eigenvalue weighted by atomic mass is 9.90. The number of β-amino-alcohol motifs (C(OH)–C–C–N with tert-alkyl or cyclic N) is 1. The van der Waals surface area contributed by atoms with Gasteiger partial charge in [-0.15, -0.1) is 0 Å². The van der Waals surface area contributed by atoms with Gasteiger partial charge in [-0.2, -0.15) is 0 Å². The Bertz CT molecular complexity index is 793. The molecular weight excluding hydrogens is 304 g/mol. The molecule has 5 nitrogen and oxygen atoms in total. The molecule has 0 radical (unpaired) electrons. The van der Waals surface area contributed by atoms with E-state index in [1.165, 1.54) is 24.1 Å². The normalized spacial score (nSPS) is 27.3. The molecule has 1 fully saturated rings. The molecule has 128 valence electrons. The summed E-state index contributed by atoms with van der Waals surface area (Å²) < 4.78 is 0. The number of piperidine rings is 1. The number of amides is 1. The number of benzene rings is 1. The number of hydrogen-bond acceptors (Lipinski definition) is 3. The van der Waals surface area contributed by atoms with E-state index in [0.29, 0.717) is 18.5 Å². The first kappa shape index (κ1) is 15.7. The van der Waals surface area contributed by atoms with E-state index >= 15 is 0 Å². The Labute approximate surface area is 141 Å². The molecule has 1 saturated heterocycles. The van der Waals surface area contributed by atoms with Crippen LogP contribution < -0.4 is 0 Å². The molecule has 0 saturated carbocycles. The SMILES string of the molecule is C[C@@]1(O)CCN(C(=O)c2cccc3c4c([nH]c23)CCCC4)C[C@@H]1O. The third kappa shape index (κ3) is 2.43. The van der Waals surface area contributed by atoms with Crippen molar-refractivity contribution in [3.8, 4) is 0 Å². The Morgan fingerprint density at radius 2 is 2.12 bits per heavy atom. The second-order valence-corrected chi connectivity index (χ2v) is 7.39. The summed E-state index contributed by atoms with van der Waals surface area (Å²) in [6.45, 7) is 2.25. The number of carbonyl (C=O) groups is 1. The molecule has 1 aliphatic heterocycles. The van der Waals surface area contributed by atoms with Crippen LogP contribution in [0.15, 0.2) is 18.2 Å². The summed E-state index contributed by atoms with van der Waals surface area (Å²) in [4.78, 5) is 18.1. The monoisotopic (exact) mass is 328 g/mol. The van der Waals surface area contributed by atoms with Gasteiger partial charge in [0.05, 0.1) is 22.8 Å². The maximum atomic E-state index is 13.0. The van der Waals surface area contributed by atoms with E-state index in [1.54, 1.807) is 11.8 Å². The first-order valence-corrected chi connectivity index (χ1v) is 8.79. The maximum Gasteiger partial charge on any atom is 0.256 e. The molecule has 3 N–H and O–H groups in total. The number of rotatable bonds is 1. The summed E-state index contributed by atoms with van der Waals surface area (Å²) in [6.07, 6.45) is 3.98. The quantitative estimate of drug-likeness (QED) is 0.749. The Kier molecular flexibility index (Phi) is 3.66. The second-order valence-electron chi connectivity index (χ2n) is 7.39. The van der Waals surface area contributed by atoms with E-state index in [1.807, 2.05) is 12.1 Å². The maximum absolute atomic E-state index is 13.0. The molecule has 1 aromatic carbocycles. The molecule has 4 rings (SSSR count). The van der Waals surface area contributed by atoms with Gasteiger partial charge in [0, 0.05) is 24.2 Å². The zero-order chi connectivity index (χ0) is 16.9. The van der Waals surface area contributed by atoms with Crippen LogP contribution in [0.5, 0.6) is 0 Å². The van der Waals surface area contributed by atoms with E-state index in [0.717, 1.165) is 23.7 Å². The molecule has 2 atom stereocenters. The Morgan fingerprint density at radius 1 is 1.33 bits per heavy atom. The van der Waals surface area contributed by atoms with Gasteiger partial charge >= 0.3 is 0 Å². The largest absolute Gasteiger partial charge is 0.388 e. The summed E-state index contributed by atoms with van der Waals surface area (Å²) in [7, 11) is 0. The number of aliphatic hydroxyl groups is 2. The number of likely N-dealkylation sites (tertiary alicyclic amines) is 1.